The topological polar surface area (TPSA) is 43.2 Å². The Balaban J connectivity index is 1.66. The van der Waals surface area contributed by atoms with Gasteiger partial charge >= 0.3 is 0 Å². The summed E-state index contributed by atoms with van der Waals surface area (Å²) in [6.07, 6.45) is 0.861. The molecule has 40 heavy (non-hydrogen) atoms. The molecule has 0 N–H and O–H groups in total. The predicted molar refractivity (Wildman–Crippen MR) is 167 cm³/mol. The monoisotopic (exact) mass is 566 g/mol. The molecule has 0 radical (unpaired) electrons. The number of rotatable bonds is 7. The van der Waals surface area contributed by atoms with Gasteiger partial charge in [-0.25, -0.2) is 4.99 Å². The summed E-state index contributed by atoms with van der Waals surface area (Å²) in [5.74, 6) is 1.07. The molecule has 0 bridgehead atoms. The minimum absolute atomic E-state index is 0.00423. The molecule has 0 spiro atoms. The molecule has 6 rings (SSSR count). The molecule has 0 aliphatic carbocycles. The molecule has 1 unspecified atom stereocenters. The zero-order valence-electron chi connectivity index (χ0n) is 22.3. The van der Waals surface area contributed by atoms with E-state index in [1.54, 1.807) is 0 Å². The number of nitrogens with zero attached hydrogens (tertiary/aromatic N) is 2. The molecular formula is C34H28Cl2N2O2. The van der Waals surface area contributed by atoms with Gasteiger partial charge in [-0.2, -0.15) is 0 Å². The van der Waals surface area contributed by atoms with Crippen LogP contribution in [-0.4, -0.2) is 24.8 Å². The summed E-state index contributed by atoms with van der Waals surface area (Å²) in [5.41, 5.74) is 5.20. The van der Waals surface area contributed by atoms with Crippen LogP contribution in [-0.2, 0) is 4.74 Å². The fraction of sp³-hybridized carbons (Fsp3) is 0.176. The highest BCUT2D eigenvalue weighted by Gasteiger charge is 2.26. The molecule has 4 nitrogen and oxygen atoms in total. The summed E-state index contributed by atoms with van der Waals surface area (Å²) < 4.78 is 11.6. The Morgan fingerprint density at radius 3 is 2.23 bits per heavy atom. The third kappa shape index (κ3) is 4.72. The van der Waals surface area contributed by atoms with E-state index in [-0.39, 0.29) is 6.04 Å². The van der Waals surface area contributed by atoms with Crippen molar-refractivity contribution in [2.45, 2.75) is 26.3 Å². The van der Waals surface area contributed by atoms with Crippen LogP contribution in [0.5, 0.6) is 5.75 Å². The van der Waals surface area contributed by atoms with E-state index >= 15 is 0 Å². The molecule has 5 aromatic carbocycles. The highest BCUT2D eigenvalue weighted by Crippen LogP contribution is 2.48. The van der Waals surface area contributed by atoms with Gasteiger partial charge in [0.2, 0.25) is 5.90 Å². The molecule has 1 aliphatic rings. The second kappa shape index (κ2) is 11.3. The van der Waals surface area contributed by atoms with Crippen molar-refractivity contribution in [3.8, 4) is 16.9 Å². The van der Waals surface area contributed by atoms with E-state index in [1.165, 1.54) is 0 Å². The Kier molecular flexibility index (Phi) is 7.46. The van der Waals surface area contributed by atoms with Crippen LogP contribution in [0, 0.1) is 0 Å². The molecule has 6 heteroatoms. The molecule has 0 saturated carbocycles. The molecule has 0 amide bonds. The normalized spacial score (nSPS) is 14.3. The van der Waals surface area contributed by atoms with Gasteiger partial charge in [0.15, 0.2) is 5.75 Å². The van der Waals surface area contributed by atoms with Crippen LogP contribution in [0.2, 0.25) is 5.02 Å². The number of hydrogen-bond acceptors (Lipinski definition) is 4. The van der Waals surface area contributed by atoms with Crippen molar-refractivity contribution in [1.29, 1.82) is 0 Å². The van der Waals surface area contributed by atoms with Gasteiger partial charge in [0.05, 0.1) is 23.2 Å². The van der Waals surface area contributed by atoms with Gasteiger partial charge in [0.25, 0.3) is 0 Å². The number of aliphatic imine (C=N–C) groups is 2. The van der Waals surface area contributed by atoms with Crippen molar-refractivity contribution >= 4 is 56.6 Å². The van der Waals surface area contributed by atoms with Crippen LogP contribution in [0.4, 0.5) is 0 Å². The molecule has 0 saturated heterocycles. The molecule has 5 aromatic rings. The molecule has 0 aromatic heterocycles. The standard InChI is InChI=1S/C34H28Cl2N2O2/c1-3-29(22-11-5-4-6-12-22)38-21(2)27-19-23-13-8-10-16-26(23)31(33(27)40-36)30-25-15-9-7-14-24(25)20-28(32(30)35)34-37-17-18-39-34/h4-16,19-20,29H,3,17-18H2,1-2H3. The Morgan fingerprint density at radius 2 is 1.57 bits per heavy atom. The second-order valence-electron chi connectivity index (χ2n) is 9.85. The molecule has 200 valence electrons. The summed E-state index contributed by atoms with van der Waals surface area (Å²) in [4.78, 5) is 9.72. The number of hydrogen-bond donors (Lipinski definition) is 0. The first kappa shape index (κ1) is 26.4. The third-order valence-electron chi connectivity index (χ3n) is 7.44. The largest absolute Gasteiger partial charge is 0.475 e. The van der Waals surface area contributed by atoms with Gasteiger partial charge < -0.3 is 9.03 Å². The maximum Gasteiger partial charge on any atom is 0.217 e. The predicted octanol–water partition coefficient (Wildman–Crippen LogP) is 9.58. The lowest BCUT2D eigenvalue weighted by Crippen LogP contribution is -2.06. The molecular weight excluding hydrogens is 539 g/mol. The summed E-state index contributed by atoms with van der Waals surface area (Å²) in [6.45, 7) is 5.30. The highest BCUT2D eigenvalue weighted by molar-refractivity contribution is 6.39. The first-order valence-corrected chi connectivity index (χ1v) is 14.1. The number of ether oxygens (including phenoxy) is 1. The fourth-order valence-electron chi connectivity index (χ4n) is 5.53. The van der Waals surface area contributed by atoms with Crippen LogP contribution >= 0.6 is 23.5 Å². The number of benzene rings is 5. The van der Waals surface area contributed by atoms with E-state index in [4.69, 9.17) is 37.5 Å². The minimum atomic E-state index is 0.00423. The average Bonchev–Trinajstić information content (AvgIpc) is 3.54. The number of fused-ring (bicyclic) bond motifs is 2. The van der Waals surface area contributed by atoms with Crippen LogP contribution < -0.4 is 4.29 Å². The fourth-order valence-corrected chi connectivity index (χ4v) is 6.02. The van der Waals surface area contributed by atoms with Crippen molar-refractivity contribution in [3.05, 3.63) is 113 Å². The molecule has 0 fully saturated rings. The van der Waals surface area contributed by atoms with E-state index in [9.17, 15) is 0 Å². The molecule has 1 heterocycles. The van der Waals surface area contributed by atoms with Crippen molar-refractivity contribution in [1.82, 2.24) is 0 Å². The average molecular weight is 568 g/mol. The van der Waals surface area contributed by atoms with E-state index in [2.05, 4.69) is 54.4 Å². The van der Waals surface area contributed by atoms with Crippen LogP contribution in [0.3, 0.4) is 0 Å². The van der Waals surface area contributed by atoms with Gasteiger partial charge in [0.1, 0.15) is 18.5 Å². The summed E-state index contributed by atoms with van der Waals surface area (Å²) in [7, 11) is 0. The quantitative estimate of drug-likeness (QED) is 0.184. The zero-order chi connectivity index (χ0) is 27.6. The van der Waals surface area contributed by atoms with Gasteiger partial charge in [-0.05, 0) is 52.6 Å². The lowest BCUT2D eigenvalue weighted by atomic mass is 9.88. The van der Waals surface area contributed by atoms with Crippen molar-refractivity contribution < 1.29 is 9.03 Å². The Hall–Kier alpha value is -3.86. The lowest BCUT2D eigenvalue weighted by Gasteiger charge is -2.20. The van der Waals surface area contributed by atoms with Crippen LogP contribution in [0.15, 0.2) is 101 Å². The van der Waals surface area contributed by atoms with E-state index in [1.807, 2.05) is 55.5 Å². The lowest BCUT2D eigenvalue weighted by molar-refractivity contribution is 0.348. The van der Waals surface area contributed by atoms with Crippen molar-refractivity contribution in [2.24, 2.45) is 9.98 Å². The van der Waals surface area contributed by atoms with E-state index < -0.39 is 0 Å². The van der Waals surface area contributed by atoms with E-state index in [0.717, 1.165) is 61.5 Å². The Labute approximate surface area is 244 Å². The van der Waals surface area contributed by atoms with Gasteiger partial charge in [0, 0.05) is 22.4 Å². The highest BCUT2D eigenvalue weighted by atomic mass is 35.5. The number of halogens is 2. The summed E-state index contributed by atoms with van der Waals surface area (Å²) >= 11 is 13.6. The van der Waals surface area contributed by atoms with Crippen LogP contribution in [0.25, 0.3) is 32.7 Å². The van der Waals surface area contributed by atoms with Crippen molar-refractivity contribution in [2.75, 3.05) is 13.2 Å². The molecule has 1 aliphatic heterocycles. The zero-order valence-corrected chi connectivity index (χ0v) is 23.8. The Morgan fingerprint density at radius 1 is 0.925 bits per heavy atom. The Bertz CT molecular complexity index is 1780. The first-order valence-electron chi connectivity index (χ1n) is 13.4. The maximum absolute atomic E-state index is 7.26. The third-order valence-corrected chi connectivity index (χ3v) is 7.99. The summed E-state index contributed by atoms with van der Waals surface area (Å²) in [5, 5.41) is 4.56. The van der Waals surface area contributed by atoms with Crippen LogP contribution in [0.1, 0.15) is 43.0 Å². The van der Waals surface area contributed by atoms with Crippen molar-refractivity contribution in [3.63, 3.8) is 0 Å². The van der Waals surface area contributed by atoms with Gasteiger partial charge in [-0.1, -0.05) is 97.4 Å². The maximum atomic E-state index is 7.26. The van der Waals surface area contributed by atoms with E-state index in [0.29, 0.717) is 29.8 Å². The summed E-state index contributed by atoms with van der Waals surface area (Å²) in [6, 6.07) is 30.8. The molecule has 1 atom stereocenters. The SMILES string of the molecule is CCC(N=C(C)c1cc2ccccc2c(-c2c(Cl)c(C3=NCCO3)cc3ccccc23)c1OCl)c1ccccc1. The smallest absolute Gasteiger partial charge is 0.217 e. The second-order valence-corrected chi connectivity index (χ2v) is 10.4. The minimum Gasteiger partial charge on any atom is -0.475 e. The first-order chi connectivity index (χ1) is 19.6. The van der Waals surface area contributed by atoms with Gasteiger partial charge in [-0.3, -0.25) is 4.99 Å². The van der Waals surface area contributed by atoms with Gasteiger partial charge in [-0.15, -0.1) is 0 Å².